The van der Waals surface area contributed by atoms with Crippen molar-refractivity contribution in [3.63, 3.8) is 0 Å². The van der Waals surface area contributed by atoms with Crippen molar-refractivity contribution in [3.05, 3.63) is 28.7 Å². The van der Waals surface area contributed by atoms with Gasteiger partial charge in [-0.2, -0.15) is 0 Å². The lowest BCUT2D eigenvalue weighted by molar-refractivity contribution is -0.135. The maximum absolute atomic E-state index is 11.8. The predicted molar refractivity (Wildman–Crippen MR) is 70.0 cm³/mol. The number of rotatable bonds is 3. The summed E-state index contributed by atoms with van der Waals surface area (Å²) in [5.41, 5.74) is 0. The Labute approximate surface area is 110 Å². The monoisotopic (exact) mass is 297 g/mol. The molecule has 1 aromatic carbocycles. The summed E-state index contributed by atoms with van der Waals surface area (Å²) in [6.07, 6.45) is 2.75. The number of carbonyl (C=O) groups is 1. The molecule has 0 aromatic heterocycles. The van der Waals surface area contributed by atoms with Crippen molar-refractivity contribution in [3.8, 4) is 5.75 Å². The van der Waals surface area contributed by atoms with E-state index in [-0.39, 0.29) is 5.97 Å². The number of nitrogens with one attached hydrogen (secondary N) is 1. The molecule has 1 heterocycles. The number of esters is 1. The van der Waals surface area contributed by atoms with E-state index in [1.807, 2.05) is 18.2 Å². The largest absolute Gasteiger partial charge is 0.425 e. The Morgan fingerprint density at radius 1 is 1.47 bits per heavy atom. The lowest BCUT2D eigenvalue weighted by atomic mass is 9.96. The predicted octanol–water partition coefficient (Wildman–Crippen LogP) is 2.74. The van der Waals surface area contributed by atoms with E-state index in [2.05, 4.69) is 21.2 Å². The Bertz CT molecular complexity index is 389. The summed E-state index contributed by atoms with van der Waals surface area (Å²) in [4.78, 5) is 11.8. The molecule has 17 heavy (non-hydrogen) atoms. The molecule has 0 aliphatic carbocycles. The van der Waals surface area contributed by atoms with Crippen LogP contribution in [0.25, 0.3) is 0 Å². The molecule has 4 heteroatoms. The number of hydrogen-bond acceptors (Lipinski definition) is 3. The van der Waals surface area contributed by atoms with Gasteiger partial charge in [-0.1, -0.05) is 12.1 Å². The third-order valence-electron chi connectivity index (χ3n) is 2.91. The first-order valence-electron chi connectivity index (χ1n) is 5.91. The molecule has 92 valence electrons. The summed E-state index contributed by atoms with van der Waals surface area (Å²) < 4.78 is 6.15. The highest BCUT2D eigenvalue weighted by molar-refractivity contribution is 9.10. The van der Waals surface area contributed by atoms with Crippen LogP contribution >= 0.6 is 15.9 Å². The lowest BCUT2D eigenvalue weighted by Crippen LogP contribution is -2.31. The molecule has 1 aliphatic rings. The second kappa shape index (κ2) is 6.17. The minimum absolute atomic E-state index is 0.148. The van der Waals surface area contributed by atoms with Gasteiger partial charge in [0, 0.05) is 6.42 Å². The first-order valence-corrected chi connectivity index (χ1v) is 6.71. The first-order chi connectivity index (χ1) is 8.25. The molecule has 1 N–H and O–H groups in total. The van der Waals surface area contributed by atoms with E-state index < -0.39 is 0 Å². The zero-order chi connectivity index (χ0) is 12.1. The summed E-state index contributed by atoms with van der Waals surface area (Å²) in [6.45, 7) is 1.99. The molecule has 0 amide bonds. The molecule has 0 radical (unpaired) electrons. The Kier molecular flexibility index (Phi) is 4.57. The van der Waals surface area contributed by atoms with Gasteiger partial charge >= 0.3 is 5.97 Å². The maximum Gasteiger partial charge on any atom is 0.311 e. The lowest BCUT2D eigenvalue weighted by Gasteiger charge is -2.21. The summed E-state index contributed by atoms with van der Waals surface area (Å²) in [6, 6.07) is 7.41. The van der Waals surface area contributed by atoms with Crippen LogP contribution in [-0.4, -0.2) is 19.1 Å². The van der Waals surface area contributed by atoms with Crippen LogP contribution in [0, 0.1) is 5.92 Å². The van der Waals surface area contributed by atoms with Gasteiger partial charge in [-0.3, -0.25) is 4.79 Å². The van der Waals surface area contributed by atoms with Crippen molar-refractivity contribution in [2.75, 3.05) is 13.1 Å². The van der Waals surface area contributed by atoms with Crippen LogP contribution in [0.3, 0.4) is 0 Å². The topological polar surface area (TPSA) is 38.3 Å². The van der Waals surface area contributed by atoms with Gasteiger partial charge in [0.2, 0.25) is 0 Å². The molecule has 1 atom stereocenters. The van der Waals surface area contributed by atoms with Crippen LogP contribution in [-0.2, 0) is 4.79 Å². The Hall–Kier alpha value is -0.870. The standard InChI is InChI=1S/C13H16BrNO2/c14-11-5-1-2-6-12(11)17-13(16)8-10-4-3-7-15-9-10/h1-2,5-6,10,15H,3-4,7-9H2. The van der Waals surface area contributed by atoms with Crippen molar-refractivity contribution >= 4 is 21.9 Å². The van der Waals surface area contributed by atoms with E-state index in [0.29, 0.717) is 18.1 Å². The molecule has 1 saturated heterocycles. The highest BCUT2D eigenvalue weighted by Crippen LogP contribution is 2.25. The number of hydrogen-bond donors (Lipinski definition) is 1. The van der Waals surface area contributed by atoms with Gasteiger partial charge in [-0.15, -0.1) is 0 Å². The van der Waals surface area contributed by atoms with E-state index in [1.54, 1.807) is 6.07 Å². The van der Waals surface area contributed by atoms with Gasteiger partial charge in [0.1, 0.15) is 5.75 Å². The summed E-state index contributed by atoms with van der Waals surface area (Å²) in [5.74, 6) is 0.866. The molecule has 1 aromatic rings. The minimum atomic E-state index is -0.148. The molecule has 1 aliphatic heterocycles. The van der Waals surface area contributed by atoms with Crippen LogP contribution in [0.5, 0.6) is 5.75 Å². The molecule has 1 unspecified atom stereocenters. The molecule has 3 nitrogen and oxygen atoms in total. The Balaban J connectivity index is 1.86. The van der Waals surface area contributed by atoms with Gasteiger partial charge < -0.3 is 10.1 Å². The smallest absolute Gasteiger partial charge is 0.311 e. The van der Waals surface area contributed by atoms with Gasteiger partial charge in [-0.25, -0.2) is 0 Å². The fourth-order valence-electron chi connectivity index (χ4n) is 2.03. The highest BCUT2D eigenvalue weighted by atomic mass is 79.9. The van der Waals surface area contributed by atoms with Crippen molar-refractivity contribution in [2.24, 2.45) is 5.92 Å². The van der Waals surface area contributed by atoms with Gasteiger partial charge in [0.15, 0.2) is 0 Å². The molecule has 1 fully saturated rings. The summed E-state index contributed by atoms with van der Waals surface area (Å²) in [5, 5.41) is 3.30. The van der Waals surface area contributed by atoms with E-state index in [4.69, 9.17) is 4.74 Å². The number of ether oxygens (including phenoxy) is 1. The minimum Gasteiger partial charge on any atom is -0.425 e. The van der Waals surface area contributed by atoms with Crippen LogP contribution in [0.15, 0.2) is 28.7 Å². The van der Waals surface area contributed by atoms with Crippen LogP contribution in [0.4, 0.5) is 0 Å². The van der Waals surface area contributed by atoms with E-state index >= 15 is 0 Å². The van der Waals surface area contributed by atoms with Crippen LogP contribution < -0.4 is 10.1 Å². The Morgan fingerprint density at radius 2 is 2.29 bits per heavy atom. The summed E-state index contributed by atoms with van der Waals surface area (Å²) in [7, 11) is 0. The fraction of sp³-hybridized carbons (Fsp3) is 0.462. The number of para-hydroxylation sites is 1. The number of carbonyl (C=O) groups excluding carboxylic acids is 1. The van der Waals surface area contributed by atoms with E-state index in [0.717, 1.165) is 30.4 Å². The second-order valence-electron chi connectivity index (χ2n) is 4.32. The summed E-state index contributed by atoms with van der Waals surface area (Å²) >= 11 is 3.36. The molecular weight excluding hydrogens is 282 g/mol. The molecule has 2 rings (SSSR count). The average Bonchev–Trinajstić information content (AvgIpc) is 2.33. The third-order valence-corrected chi connectivity index (χ3v) is 3.57. The van der Waals surface area contributed by atoms with E-state index in [1.165, 1.54) is 0 Å². The Morgan fingerprint density at radius 3 is 3.00 bits per heavy atom. The van der Waals surface area contributed by atoms with Crippen molar-refractivity contribution in [1.29, 1.82) is 0 Å². The first kappa shape index (κ1) is 12.6. The molecular formula is C13H16BrNO2. The van der Waals surface area contributed by atoms with Crippen molar-refractivity contribution in [2.45, 2.75) is 19.3 Å². The van der Waals surface area contributed by atoms with Crippen molar-refractivity contribution in [1.82, 2.24) is 5.32 Å². The van der Waals surface area contributed by atoms with Crippen molar-refractivity contribution < 1.29 is 9.53 Å². The SMILES string of the molecule is O=C(CC1CCCNC1)Oc1ccccc1Br. The number of halogens is 1. The molecule has 0 saturated carbocycles. The second-order valence-corrected chi connectivity index (χ2v) is 5.18. The fourth-order valence-corrected chi connectivity index (χ4v) is 2.39. The van der Waals surface area contributed by atoms with Gasteiger partial charge in [0.05, 0.1) is 4.47 Å². The highest BCUT2D eigenvalue weighted by Gasteiger charge is 2.18. The maximum atomic E-state index is 11.8. The average molecular weight is 298 g/mol. The number of benzene rings is 1. The molecule has 0 bridgehead atoms. The van der Waals surface area contributed by atoms with Crippen LogP contribution in [0.2, 0.25) is 0 Å². The van der Waals surface area contributed by atoms with Gasteiger partial charge in [-0.05, 0) is 59.9 Å². The van der Waals surface area contributed by atoms with Crippen LogP contribution in [0.1, 0.15) is 19.3 Å². The third kappa shape index (κ3) is 3.82. The zero-order valence-corrected chi connectivity index (χ0v) is 11.2. The van der Waals surface area contributed by atoms with Gasteiger partial charge in [0.25, 0.3) is 0 Å². The quantitative estimate of drug-likeness (QED) is 0.689. The molecule has 0 spiro atoms. The normalized spacial score (nSPS) is 19.9. The zero-order valence-electron chi connectivity index (χ0n) is 9.62. The number of piperidine rings is 1. The van der Waals surface area contributed by atoms with E-state index in [9.17, 15) is 4.79 Å².